The first-order valence-electron chi connectivity index (χ1n) is 7.31. The highest BCUT2D eigenvalue weighted by Gasteiger charge is 2.71. The van der Waals surface area contributed by atoms with Crippen molar-refractivity contribution in [3.05, 3.63) is 0 Å². The first kappa shape index (κ1) is 14.8. The molecular formula is C15H26O4. The number of fused-ring (bicyclic) bond motifs is 2. The number of carboxylic acids is 1. The van der Waals surface area contributed by atoms with Crippen LogP contribution in [0.15, 0.2) is 0 Å². The molecule has 2 atom stereocenters. The molecule has 19 heavy (non-hydrogen) atoms. The van der Waals surface area contributed by atoms with E-state index < -0.39 is 22.6 Å². The predicted octanol–water partition coefficient (Wildman–Crippen LogP) is 2.44. The van der Waals surface area contributed by atoms with Crippen molar-refractivity contribution in [2.24, 2.45) is 17.3 Å². The Balaban J connectivity index is 2.61. The van der Waals surface area contributed by atoms with Crippen molar-refractivity contribution >= 4 is 5.97 Å². The molecule has 2 fully saturated rings. The van der Waals surface area contributed by atoms with Gasteiger partial charge in [0.1, 0.15) is 5.41 Å². The van der Waals surface area contributed by atoms with Crippen molar-refractivity contribution in [1.82, 2.24) is 0 Å². The van der Waals surface area contributed by atoms with E-state index in [1.54, 1.807) is 0 Å². The van der Waals surface area contributed by atoms with Gasteiger partial charge in [0.05, 0.1) is 17.8 Å². The average molecular weight is 270 g/mol. The van der Waals surface area contributed by atoms with Gasteiger partial charge in [-0.2, -0.15) is 0 Å². The fraction of sp³-hybridized carbons (Fsp3) is 0.933. The maximum Gasteiger partial charge on any atom is 0.312 e. The molecule has 110 valence electrons. The highest BCUT2D eigenvalue weighted by Crippen LogP contribution is 2.64. The van der Waals surface area contributed by atoms with E-state index in [1.807, 2.05) is 27.7 Å². The standard InChI is InChI=1S/C15H26O4/c1-10(2)15(11(3)4)14(12(17)18)7-5-6-13(8-14,9-16)19-15/h10-11,16H,5-9H2,1-4H3,(H,17,18)/t13-,14+/m1/s1. The maximum atomic E-state index is 12.1. The van der Waals surface area contributed by atoms with Gasteiger partial charge in [0.2, 0.25) is 0 Å². The second-order valence-electron chi connectivity index (χ2n) is 6.96. The highest BCUT2D eigenvalue weighted by atomic mass is 16.5. The lowest BCUT2D eigenvalue weighted by molar-refractivity contribution is -0.194. The lowest BCUT2D eigenvalue weighted by Crippen LogP contribution is -2.57. The molecule has 1 heterocycles. The third-order valence-electron chi connectivity index (χ3n) is 5.41. The lowest BCUT2D eigenvalue weighted by Gasteiger charge is -2.47. The summed E-state index contributed by atoms with van der Waals surface area (Å²) < 4.78 is 6.37. The van der Waals surface area contributed by atoms with Crippen molar-refractivity contribution in [1.29, 1.82) is 0 Å². The molecular weight excluding hydrogens is 244 g/mol. The van der Waals surface area contributed by atoms with E-state index in [-0.39, 0.29) is 18.4 Å². The molecule has 0 radical (unpaired) electrons. The van der Waals surface area contributed by atoms with Gasteiger partial charge < -0.3 is 14.9 Å². The van der Waals surface area contributed by atoms with Gasteiger partial charge in [0.25, 0.3) is 0 Å². The molecule has 0 unspecified atom stereocenters. The fourth-order valence-corrected chi connectivity index (χ4v) is 4.84. The molecule has 0 aromatic heterocycles. The topological polar surface area (TPSA) is 66.8 Å². The Hall–Kier alpha value is -0.610. The Morgan fingerprint density at radius 1 is 1.21 bits per heavy atom. The number of aliphatic hydroxyl groups is 1. The SMILES string of the molecule is CC(C)C1(C(C)C)O[C@]2(CO)CCC[C@@]1(C(=O)O)C2. The normalized spacial score (nSPS) is 37.0. The van der Waals surface area contributed by atoms with Crippen molar-refractivity contribution in [2.75, 3.05) is 6.61 Å². The van der Waals surface area contributed by atoms with Gasteiger partial charge >= 0.3 is 5.97 Å². The van der Waals surface area contributed by atoms with Crippen LogP contribution < -0.4 is 0 Å². The van der Waals surface area contributed by atoms with Crippen molar-refractivity contribution in [3.63, 3.8) is 0 Å². The van der Waals surface area contributed by atoms with E-state index in [2.05, 4.69) is 0 Å². The monoisotopic (exact) mass is 270 g/mol. The predicted molar refractivity (Wildman–Crippen MR) is 71.8 cm³/mol. The largest absolute Gasteiger partial charge is 0.481 e. The van der Waals surface area contributed by atoms with Crippen LogP contribution in [0.4, 0.5) is 0 Å². The van der Waals surface area contributed by atoms with Gasteiger partial charge in [0, 0.05) is 0 Å². The van der Waals surface area contributed by atoms with Crippen LogP contribution in [0.3, 0.4) is 0 Å². The van der Waals surface area contributed by atoms with Crippen LogP contribution in [-0.2, 0) is 9.53 Å². The first-order valence-corrected chi connectivity index (χ1v) is 7.31. The van der Waals surface area contributed by atoms with Crippen LogP contribution in [0.1, 0.15) is 53.4 Å². The van der Waals surface area contributed by atoms with E-state index >= 15 is 0 Å². The number of carbonyl (C=O) groups is 1. The van der Waals surface area contributed by atoms with Crippen LogP contribution in [0.2, 0.25) is 0 Å². The third kappa shape index (κ3) is 1.69. The summed E-state index contributed by atoms with van der Waals surface area (Å²) in [4.78, 5) is 12.1. The molecule has 0 amide bonds. The number of hydrogen-bond donors (Lipinski definition) is 2. The zero-order valence-corrected chi connectivity index (χ0v) is 12.4. The van der Waals surface area contributed by atoms with Gasteiger partial charge in [-0.05, 0) is 37.5 Å². The molecule has 0 aromatic carbocycles. The third-order valence-corrected chi connectivity index (χ3v) is 5.41. The van der Waals surface area contributed by atoms with E-state index in [9.17, 15) is 15.0 Å². The number of rotatable bonds is 4. The summed E-state index contributed by atoms with van der Waals surface area (Å²) in [6, 6.07) is 0. The number of aliphatic hydroxyl groups excluding tert-OH is 1. The number of aliphatic carboxylic acids is 1. The maximum absolute atomic E-state index is 12.1. The molecule has 2 rings (SSSR count). The Morgan fingerprint density at radius 2 is 1.79 bits per heavy atom. The zero-order valence-electron chi connectivity index (χ0n) is 12.4. The summed E-state index contributed by atoms with van der Waals surface area (Å²) in [6.45, 7) is 8.07. The Morgan fingerprint density at radius 3 is 2.21 bits per heavy atom. The minimum atomic E-state index is -0.851. The molecule has 4 heteroatoms. The van der Waals surface area contributed by atoms with E-state index in [1.165, 1.54) is 0 Å². The second-order valence-corrected chi connectivity index (χ2v) is 6.96. The van der Waals surface area contributed by atoms with Gasteiger partial charge in [-0.25, -0.2) is 0 Å². The summed E-state index contributed by atoms with van der Waals surface area (Å²) in [7, 11) is 0. The minimum Gasteiger partial charge on any atom is -0.481 e. The van der Waals surface area contributed by atoms with Gasteiger partial charge in [-0.3, -0.25) is 4.79 Å². The molecule has 0 spiro atoms. The minimum absolute atomic E-state index is 0.0801. The van der Waals surface area contributed by atoms with Gasteiger partial charge in [0.15, 0.2) is 0 Å². The van der Waals surface area contributed by atoms with Crippen LogP contribution in [0, 0.1) is 17.3 Å². The Labute approximate surface area is 115 Å². The summed E-state index contributed by atoms with van der Waals surface area (Å²) >= 11 is 0. The van der Waals surface area contributed by atoms with Gasteiger partial charge in [-0.1, -0.05) is 27.7 Å². The summed E-state index contributed by atoms with van der Waals surface area (Å²) in [5, 5.41) is 19.6. The van der Waals surface area contributed by atoms with E-state index in [0.717, 1.165) is 12.8 Å². The van der Waals surface area contributed by atoms with E-state index in [0.29, 0.717) is 12.8 Å². The molecule has 2 aliphatic rings. The van der Waals surface area contributed by atoms with Crippen LogP contribution in [0.25, 0.3) is 0 Å². The highest BCUT2D eigenvalue weighted by molar-refractivity contribution is 5.77. The molecule has 2 bridgehead atoms. The van der Waals surface area contributed by atoms with E-state index in [4.69, 9.17) is 4.74 Å². The summed E-state index contributed by atoms with van der Waals surface area (Å²) in [5.41, 5.74) is -2.18. The first-order chi connectivity index (χ1) is 8.76. The summed E-state index contributed by atoms with van der Waals surface area (Å²) in [6.07, 6.45) is 2.68. The smallest absolute Gasteiger partial charge is 0.312 e. The number of hydrogen-bond acceptors (Lipinski definition) is 3. The van der Waals surface area contributed by atoms with Crippen molar-refractivity contribution in [3.8, 4) is 0 Å². The lowest BCUT2D eigenvalue weighted by atomic mass is 9.56. The molecule has 4 nitrogen and oxygen atoms in total. The summed E-state index contributed by atoms with van der Waals surface area (Å²) in [5.74, 6) is -0.546. The molecule has 1 aliphatic carbocycles. The van der Waals surface area contributed by atoms with Gasteiger partial charge in [-0.15, -0.1) is 0 Å². The molecule has 0 aromatic rings. The molecule has 1 saturated heterocycles. The van der Waals surface area contributed by atoms with Crippen LogP contribution in [0.5, 0.6) is 0 Å². The molecule has 1 saturated carbocycles. The molecule has 2 N–H and O–H groups in total. The second kappa shape index (κ2) is 4.45. The van der Waals surface area contributed by atoms with Crippen molar-refractivity contribution in [2.45, 2.75) is 64.6 Å². The quantitative estimate of drug-likeness (QED) is 0.823. The Bertz CT molecular complexity index is 368. The Kier molecular flexibility index (Phi) is 3.47. The molecule has 1 aliphatic heterocycles. The fourth-order valence-electron chi connectivity index (χ4n) is 4.84. The number of carboxylic acid groups (broad SMARTS) is 1. The van der Waals surface area contributed by atoms with Crippen LogP contribution in [-0.4, -0.2) is 34.0 Å². The number of ether oxygens (including phenoxy) is 1. The zero-order chi connectivity index (χ0) is 14.5. The average Bonchev–Trinajstić information content (AvgIpc) is 2.56. The van der Waals surface area contributed by atoms with Crippen molar-refractivity contribution < 1.29 is 19.7 Å². The van der Waals surface area contributed by atoms with Crippen LogP contribution >= 0.6 is 0 Å².